The van der Waals surface area contributed by atoms with Crippen molar-refractivity contribution in [2.45, 2.75) is 37.4 Å². The lowest BCUT2D eigenvalue weighted by atomic mass is 9.94. The van der Waals surface area contributed by atoms with Crippen molar-refractivity contribution in [1.82, 2.24) is 15.5 Å². The monoisotopic (exact) mass is 643 g/mol. The molecule has 2 aliphatic heterocycles. The van der Waals surface area contributed by atoms with E-state index in [1.54, 1.807) is 31.2 Å². The van der Waals surface area contributed by atoms with E-state index in [2.05, 4.69) is 10.6 Å². The lowest BCUT2D eigenvalue weighted by Crippen LogP contribution is -2.86. The minimum absolute atomic E-state index is 0.0277. The molecular weight excluding hydrogens is 610 g/mol. The Labute approximate surface area is 270 Å². The number of thioether (sulfide) groups is 1. The molecule has 0 aromatic heterocycles. The van der Waals surface area contributed by atoms with Crippen LogP contribution in [-0.2, 0) is 39.8 Å². The Morgan fingerprint density at radius 3 is 2.04 bits per heavy atom. The molecule has 2 heterocycles. The number of ether oxygens (including phenoxy) is 3. The van der Waals surface area contributed by atoms with Crippen molar-refractivity contribution in [2.75, 3.05) is 19.0 Å². The van der Waals surface area contributed by atoms with E-state index in [4.69, 9.17) is 14.2 Å². The SMILES string of the molecule is CCOC(=O)N[C@]1(NC(=O)Cc2ccccc2)C(=O)N2C(C(=O)OC(c3ccccc3)c3ccccc3)=C(COC(C)=O)CS[C@@H]21. The van der Waals surface area contributed by atoms with Gasteiger partial charge in [-0.2, -0.15) is 0 Å². The zero-order valence-electron chi connectivity index (χ0n) is 25.3. The minimum Gasteiger partial charge on any atom is -0.461 e. The summed E-state index contributed by atoms with van der Waals surface area (Å²) >= 11 is 1.19. The van der Waals surface area contributed by atoms with Crippen molar-refractivity contribution >= 4 is 41.6 Å². The van der Waals surface area contributed by atoms with Gasteiger partial charge in [-0.25, -0.2) is 9.59 Å². The first-order chi connectivity index (χ1) is 22.2. The van der Waals surface area contributed by atoms with Crippen LogP contribution in [-0.4, -0.2) is 64.7 Å². The van der Waals surface area contributed by atoms with E-state index in [9.17, 15) is 24.0 Å². The number of hydrogen-bond donors (Lipinski definition) is 2. The first kappa shape index (κ1) is 32.3. The molecule has 3 amide bonds. The molecule has 46 heavy (non-hydrogen) atoms. The molecule has 11 nitrogen and oxygen atoms in total. The highest BCUT2D eigenvalue weighted by Gasteiger charge is 2.67. The molecule has 3 aromatic carbocycles. The molecule has 0 aliphatic carbocycles. The number of esters is 2. The van der Waals surface area contributed by atoms with Crippen LogP contribution in [0, 0.1) is 0 Å². The van der Waals surface area contributed by atoms with E-state index in [0.29, 0.717) is 22.3 Å². The van der Waals surface area contributed by atoms with Crippen molar-refractivity contribution in [3.63, 3.8) is 0 Å². The van der Waals surface area contributed by atoms with Gasteiger partial charge in [0.1, 0.15) is 17.7 Å². The molecule has 0 spiro atoms. The van der Waals surface area contributed by atoms with Crippen LogP contribution in [0.4, 0.5) is 4.79 Å². The fourth-order valence-corrected chi connectivity index (χ4v) is 6.69. The predicted molar refractivity (Wildman–Crippen MR) is 169 cm³/mol. The molecule has 238 valence electrons. The van der Waals surface area contributed by atoms with Crippen molar-refractivity contribution in [3.8, 4) is 0 Å². The van der Waals surface area contributed by atoms with Crippen LogP contribution in [0.15, 0.2) is 102 Å². The summed E-state index contributed by atoms with van der Waals surface area (Å²) in [4.78, 5) is 67.1. The number of nitrogens with one attached hydrogen (secondary N) is 2. The lowest BCUT2D eigenvalue weighted by molar-refractivity contribution is -0.163. The first-order valence-corrected chi connectivity index (χ1v) is 15.7. The lowest BCUT2D eigenvalue weighted by Gasteiger charge is -2.56. The number of rotatable bonds is 11. The average Bonchev–Trinajstić information content (AvgIpc) is 3.06. The van der Waals surface area contributed by atoms with Crippen molar-refractivity contribution in [3.05, 3.63) is 119 Å². The summed E-state index contributed by atoms with van der Waals surface area (Å²) in [6.45, 7) is 2.62. The van der Waals surface area contributed by atoms with Gasteiger partial charge in [-0.1, -0.05) is 91.0 Å². The van der Waals surface area contributed by atoms with Gasteiger partial charge in [-0.3, -0.25) is 24.6 Å². The third-order valence-electron chi connectivity index (χ3n) is 7.34. The second-order valence-electron chi connectivity index (χ2n) is 10.5. The van der Waals surface area contributed by atoms with E-state index in [0.717, 1.165) is 0 Å². The summed E-state index contributed by atoms with van der Waals surface area (Å²) < 4.78 is 16.4. The Balaban J connectivity index is 1.49. The molecule has 3 aromatic rings. The van der Waals surface area contributed by atoms with Crippen LogP contribution in [0.2, 0.25) is 0 Å². The zero-order chi connectivity index (χ0) is 32.7. The number of β-lactam (4-membered cyclic amide) rings is 1. The summed E-state index contributed by atoms with van der Waals surface area (Å²) in [6.07, 6.45) is -1.80. The summed E-state index contributed by atoms with van der Waals surface area (Å²) in [5, 5.41) is 4.31. The van der Waals surface area contributed by atoms with Gasteiger partial charge in [0.2, 0.25) is 11.6 Å². The summed E-state index contributed by atoms with van der Waals surface area (Å²) in [7, 11) is 0. The molecule has 12 heteroatoms. The molecule has 0 unspecified atom stereocenters. The molecule has 0 bridgehead atoms. The molecule has 1 saturated heterocycles. The number of fused-ring (bicyclic) bond motifs is 1. The highest BCUT2D eigenvalue weighted by molar-refractivity contribution is 8.00. The molecule has 2 aliphatic rings. The summed E-state index contributed by atoms with van der Waals surface area (Å²) in [5.41, 5.74) is 0.409. The predicted octanol–water partition coefficient (Wildman–Crippen LogP) is 3.85. The van der Waals surface area contributed by atoms with E-state index in [1.165, 1.54) is 23.6 Å². The standard InChI is InChI=1S/C34H33N3O8S/c1-3-43-33(42)36-34(35-27(39)19-23-13-7-4-8-14-23)31(41)37-28(26(20-44-22(2)38)21-46-32(34)37)30(40)45-29(24-15-9-5-10-16-24)25-17-11-6-12-18-25/h4-18,29,32H,3,19-21H2,1-2H3,(H,35,39)(H,36,42)/t32-,34-/m1/s1. The Hall–Kier alpha value is -5.10. The van der Waals surface area contributed by atoms with Gasteiger partial charge in [0, 0.05) is 18.2 Å². The maximum atomic E-state index is 14.1. The number of alkyl carbamates (subject to hydrolysis) is 1. The molecule has 5 rings (SSSR count). The summed E-state index contributed by atoms with van der Waals surface area (Å²) in [5.74, 6) is -2.57. The number of benzene rings is 3. The molecule has 2 N–H and O–H groups in total. The second-order valence-corrected chi connectivity index (χ2v) is 11.6. The second kappa shape index (κ2) is 14.3. The van der Waals surface area contributed by atoms with Crippen LogP contribution in [0.1, 0.15) is 36.6 Å². The third kappa shape index (κ3) is 6.91. The number of amides is 3. The number of carbonyl (C=O) groups excluding carboxylic acids is 5. The molecule has 0 saturated carbocycles. The first-order valence-electron chi connectivity index (χ1n) is 14.6. The van der Waals surface area contributed by atoms with Gasteiger partial charge in [0.05, 0.1) is 13.0 Å². The van der Waals surface area contributed by atoms with Gasteiger partial charge in [0.25, 0.3) is 5.91 Å². The smallest absolute Gasteiger partial charge is 0.409 e. The van der Waals surface area contributed by atoms with Crippen LogP contribution in [0.3, 0.4) is 0 Å². The minimum atomic E-state index is -1.92. The van der Waals surface area contributed by atoms with Gasteiger partial charge in [-0.05, 0) is 23.6 Å². The Kier molecular flexibility index (Phi) is 10.1. The van der Waals surface area contributed by atoms with Crippen molar-refractivity contribution < 1.29 is 38.2 Å². The Bertz CT molecular complexity index is 1590. The Morgan fingerprint density at radius 2 is 1.48 bits per heavy atom. The van der Waals surface area contributed by atoms with Gasteiger partial charge < -0.3 is 19.5 Å². The number of nitrogens with zero attached hydrogens (tertiary/aromatic N) is 1. The molecular formula is C34H33N3O8S. The van der Waals surface area contributed by atoms with Crippen LogP contribution < -0.4 is 10.6 Å². The van der Waals surface area contributed by atoms with Gasteiger partial charge in [0.15, 0.2) is 6.10 Å². The van der Waals surface area contributed by atoms with E-state index in [-0.39, 0.29) is 31.1 Å². The normalized spacial score (nSPS) is 18.6. The topological polar surface area (TPSA) is 140 Å². The third-order valence-corrected chi connectivity index (χ3v) is 8.74. The van der Waals surface area contributed by atoms with Gasteiger partial charge in [-0.15, -0.1) is 11.8 Å². The molecule has 0 radical (unpaired) electrons. The largest absolute Gasteiger partial charge is 0.461 e. The van der Waals surface area contributed by atoms with Crippen LogP contribution in [0.25, 0.3) is 0 Å². The fraction of sp³-hybridized carbons (Fsp3) is 0.265. The van der Waals surface area contributed by atoms with E-state index >= 15 is 0 Å². The van der Waals surface area contributed by atoms with E-state index < -0.39 is 47.0 Å². The summed E-state index contributed by atoms with van der Waals surface area (Å²) in [6, 6.07) is 27.2. The van der Waals surface area contributed by atoms with Crippen molar-refractivity contribution in [1.29, 1.82) is 0 Å². The highest BCUT2D eigenvalue weighted by Crippen LogP contribution is 2.46. The molecule has 2 atom stereocenters. The maximum Gasteiger partial charge on any atom is 0.409 e. The van der Waals surface area contributed by atoms with Crippen LogP contribution >= 0.6 is 11.8 Å². The van der Waals surface area contributed by atoms with Gasteiger partial charge >= 0.3 is 18.0 Å². The maximum absolute atomic E-state index is 14.1. The number of carbonyl (C=O) groups is 5. The molecule has 1 fully saturated rings. The van der Waals surface area contributed by atoms with Crippen LogP contribution in [0.5, 0.6) is 0 Å². The Morgan fingerprint density at radius 1 is 0.891 bits per heavy atom. The zero-order valence-corrected chi connectivity index (χ0v) is 26.1. The average molecular weight is 644 g/mol. The highest BCUT2D eigenvalue weighted by atomic mass is 32.2. The van der Waals surface area contributed by atoms with Crippen molar-refractivity contribution in [2.24, 2.45) is 0 Å². The fourth-order valence-electron chi connectivity index (χ4n) is 5.29. The quantitative estimate of drug-likeness (QED) is 0.138. The number of hydrogen-bond acceptors (Lipinski definition) is 9. The van der Waals surface area contributed by atoms with E-state index in [1.807, 2.05) is 66.7 Å².